The van der Waals surface area contributed by atoms with Crippen LogP contribution in [0.4, 0.5) is 0 Å². The quantitative estimate of drug-likeness (QED) is 0.667. The molecule has 1 amide bonds. The van der Waals surface area contributed by atoms with Gasteiger partial charge in [0.2, 0.25) is 5.91 Å². The zero-order valence-corrected chi connectivity index (χ0v) is 10.8. The number of rotatable bonds is 6. The number of phosphoric ester groups is 1. The summed E-state index contributed by atoms with van der Waals surface area (Å²) in [5.41, 5.74) is 0.950. The smallest absolute Gasteiger partial charge is 0.351 e. The second-order valence-corrected chi connectivity index (χ2v) is 5.11. The third-order valence-electron chi connectivity index (χ3n) is 2.18. The molecular weight excluding hydrogens is 257 g/mol. The van der Waals surface area contributed by atoms with E-state index in [9.17, 15) is 9.36 Å². The van der Waals surface area contributed by atoms with Gasteiger partial charge in [-0.15, -0.1) is 0 Å². The van der Waals surface area contributed by atoms with Crippen molar-refractivity contribution in [2.24, 2.45) is 0 Å². The number of carbonyl (C=O) groups excluding carboxylic acids is 1. The minimum Gasteiger partial charge on any atom is -0.351 e. The van der Waals surface area contributed by atoms with Crippen LogP contribution in [-0.2, 0) is 20.3 Å². The monoisotopic (exact) mass is 273 g/mol. The number of benzene rings is 1. The Kier molecular flexibility index (Phi) is 5.50. The van der Waals surface area contributed by atoms with E-state index >= 15 is 0 Å². The van der Waals surface area contributed by atoms with Crippen LogP contribution in [0.2, 0.25) is 0 Å². The van der Waals surface area contributed by atoms with Crippen LogP contribution in [0.3, 0.4) is 0 Å². The van der Waals surface area contributed by atoms with Gasteiger partial charge in [-0.2, -0.15) is 0 Å². The van der Waals surface area contributed by atoms with Gasteiger partial charge in [-0.1, -0.05) is 30.3 Å². The summed E-state index contributed by atoms with van der Waals surface area (Å²) in [6.45, 7) is 1.11. The Hall–Kier alpha value is -1.20. The van der Waals surface area contributed by atoms with E-state index in [2.05, 4.69) is 9.84 Å². The van der Waals surface area contributed by atoms with Gasteiger partial charge >= 0.3 is 7.82 Å². The Labute approximate surface area is 105 Å². The summed E-state index contributed by atoms with van der Waals surface area (Å²) in [6.07, 6.45) is 0.445. The van der Waals surface area contributed by atoms with Gasteiger partial charge < -0.3 is 15.1 Å². The Morgan fingerprint density at radius 2 is 2.00 bits per heavy atom. The van der Waals surface area contributed by atoms with Crippen molar-refractivity contribution in [1.29, 1.82) is 0 Å². The minimum absolute atomic E-state index is 0.237. The molecule has 0 fully saturated rings. The molecule has 0 aliphatic heterocycles. The molecule has 3 N–H and O–H groups in total. The van der Waals surface area contributed by atoms with Crippen LogP contribution in [0.15, 0.2) is 30.3 Å². The van der Waals surface area contributed by atoms with E-state index in [-0.39, 0.29) is 12.5 Å². The topological polar surface area (TPSA) is 95.9 Å². The molecule has 18 heavy (non-hydrogen) atoms. The van der Waals surface area contributed by atoms with Crippen LogP contribution in [0, 0.1) is 0 Å². The largest absolute Gasteiger partial charge is 0.469 e. The van der Waals surface area contributed by atoms with Crippen molar-refractivity contribution >= 4 is 13.7 Å². The molecule has 1 unspecified atom stereocenters. The molecule has 0 radical (unpaired) electrons. The average molecular weight is 273 g/mol. The maximum absolute atomic E-state index is 11.0. The summed E-state index contributed by atoms with van der Waals surface area (Å²) in [6, 6.07) is 8.83. The molecule has 0 aliphatic rings. The standard InChI is InChI=1S/C11H16NO5P/c1-9(13)12-11(8-17-18(14,15)16)7-10-5-3-2-4-6-10/h2-6,11H,7-8H2,1H3,(H,12,13)(H2,14,15,16). The van der Waals surface area contributed by atoms with Crippen LogP contribution in [0.1, 0.15) is 12.5 Å². The molecule has 1 atom stereocenters. The molecule has 0 aromatic heterocycles. The number of hydrogen-bond donors (Lipinski definition) is 3. The van der Waals surface area contributed by atoms with Gasteiger partial charge in [0.1, 0.15) is 0 Å². The summed E-state index contributed by atoms with van der Waals surface area (Å²) in [7, 11) is -4.52. The lowest BCUT2D eigenvalue weighted by Gasteiger charge is -2.18. The molecule has 1 aromatic rings. The number of carbonyl (C=O) groups is 1. The molecule has 7 heteroatoms. The number of amides is 1. The third-order valence-corrected chi connectivity index (χ3v) is 2.66. The van der Waals surface area contributed by atoms with Crippen LogP contribution in [0.25, 0.3) is 0 Å². The molecule has 0 aliphatic carbocycles. The van der Waals surface area contributed by atoms with Crippen molar-refractivity contribution in [3.8, 4) is 0 Å². The van der Waals surface area contributed by atoms with Crippen molar-refractivity contribution in [2.75, 3.05) is 6.61 Å². The molecule has 0 bridgehead atoms. The highest BCUT2D eigenvalue weighted by molar-refractivity contribution is 7.46. The Bertz CT molecular complexity index is 430. The summed E-state index contributed by atoms with van der Waals surface area (Å²) in [5.74, 6) is -0.273. The van der Waals surface area contributed by atoms with Crippen molar-refractivity contribution < 1.29 is 23.7 Å². The van der Waals surface area contributed by atoms with Gasteiger partial charge in [-0.3, -0.25) is 9.32 Å². The second kappa shape index (κ2) is 6.66. The van der Waals surface area contributed by atoms with Crippen LogP contribution in [-0.4, -0.2) is 28.3 Å². The molecule has 0 saturated carbocycles. The normalized spacial score (nSPS) is 13.1. The maximum Gasteiger partial charge on any atom is 0.469 e. The fourth-order valence-corrected chi connectivity index (χ4v) is 1.90. The van der Waals surface area contributed by atoms with Crippen LogP contribution < -0.4 is 5.32 Å². The first-order valence-electron chi connectivity index (χ1n) is 5.38. The van der Waals surface area contributed by atoms with Gasteiger partial charge in [0.25, 0.3) is 0 Å². The lowest BCUT2D eigenvalue weighted by Crippen LogP contribution is -2.38. The summed E-state index contributed by atoms with van der Waals surface area (Å²) in [5, 5.41) is 2.59. The second-order valence-electron chi connectivity index (χ2n) is 3.87. The van der Waals surface area contributed by atoms with Crippen molar-refractivity contribution in [3.63, 3.8) is 0 Å². The minimum atomic E-state index is -4.52. The van der Waals surface area contributed by atoms with Gasteiger partial charge in [0.05, 0.1) is 12.6 Å². The number of hydrogen-bond acceptors (Lipinski definition) is 3. The van der Waals surface area contributed by atoms with E-state index in [1.807, 2.05) is 30.3 Å². The van der Waals surface area contributed by atoms with Crippen molar-refractivity contribution in [2.45, 2.75) is 19.4 Å². The third kappa shape index (κ3) is 6.51. The van der Waals surface area contributed by atoms with E-state index < -0.39 is 13.9 Å². The van der Waals surface area contributed by atoms with E-state index in [1.54, 1.807) is 0 Å². The van der Waals surface area contributed by atoms with Gasteiger partial charge in [-0.05, 0) is 12.0 Å². The average Bonchev–Trinajstić information content (AvgIpc) is 2.25. The summed E-state index contributed by atoms with van der Waals surface area (Å²) < 4.78 is 15.0. The van der Waals surface area contributed by atoms with Crippen LogP contribution in [0.5, 0.6) is 0 Å². The van der Waals surface area contributed by atoms with Crippen molar-refractivity contribution in [3.05, 3.63) is 35.9 Å². The fourth-order valence-electron chi connectivity index (χ4n) is 1.52. The lowest BCUT2D eigenvalue weighted by molar-refractivity contribution is -0.119. The fraction of sp³-hybridized carbons (Fsp3) is 0.364. The molecule has 1 rings (SSSR count). The van der Waals surface area contributed by atoms with Crippen molar-refractivity contribution in [1.82, 2.24) is 5.32 Å². The first-order valence-corrected chi connectivity index (χ1v) is 6.91. The van der Waals surface area contributed by atoms with Crippen LogP contribution >= 0.6 is 7.82 Å². The summed E-state index contributed by atoms with van der Waals surface area (Å²) >= 11 is 0. The Morgan fingerprint density at radius 3 is 2.50 bits per heavy atom. The Morgan fingerprint density at radius 1 is 1.39 bits per heavy atom. The van der Waals surface area contributed by atoms with Gasteiger partial charge in [0.15, 0.2) is 0 Å². The Balaban J connectivity index is 2.61. The predicted octanol–water partition coefficient (Wildman–Crippen LogP) is 0.843. The highest BCUT2D eigenvalue weighted by atomic mass is 31.2. The lowest BCUT2D eigenvalue weighted by atomic mass is 10.1. The van der Waals surface area contributed by atoms with Gasteiger partial charge in [-0.25, -0.2) is 4.57 Å². The maximum atomic E-state index is 11.0. The molecule has 100 valence electrons. The SMILES string of the molecule is CC(=O)NC(COP(=O)(O)O)Cc1ccccc1. The van der Waals surface area contributed by atoms with E-state index in [4.69, 9.17) is 9.79 Å². The zero-order valence-electron chi connectivity index (χ0n) is 9.94. The first-order chi connectivity index (χ1) is 8.37. The van der Waals surface area contributed by atoms with E-state index in [1.165, 1.54) is 6.92 Å². The molecular formula is C11H16NO5P. The van der Waals surface area contributed by atoms with Gasteiger partial charge in [0, 0.05) is 6.92 Å². The zero-order chi connectivity index (χ0) is 13.6. The first kappa shape index (κ1) is 14.9. The molecule has 0 saturated heterocycles. The highest BCUT2D eigenvalue weighted by Gasteiger charge is 2.19. The molecule has 0 heterocycles. The highest BCUT2D eigenvalue weighted by Crippen LogP contribution is 2.35. The predicted molar refractivity (Wildman–Crippen MR) is 65.7 cm³/mol. The van der Waals surface area contributed by atoms with E-state index in [0.29, 0.717) is 6.42 Å². The van der Waals surface area contributed by atoms with E-state index in [0.717, 1.165) is 5.56 Å². The molecule has 6 nitrogen and oxygen atoms in total. The molecule has 1 aromatic carbocycles. The number of nitrogens with one attached hydrogen (secondary N) is 1. The summed E-state index contributed by atoms with van der Waals surface area (Å²) in [4.78, 5) is 28.3. The number of phosphoric acid groups is 1. The molecule has 0 spiro atoms.